The molecular formula is C13H12F4N2O. The number of halogens is 4. The Morgan fingerprint density at radius 1 is 1.35 bits per heavy atom. The SMILES string of the molecule is C#CCNc1c(F)cc(C(=O)NC(C)C(F)F)cc1F. The molecule has 0 spiro atoms. The van der Waals surface area contributed by atoms with Crippen LogP contribution in [0.25, 0.3) is 0 Å². The number of hydrogen-bond donors (Lipinski definition) is 2. The molecule has 0 saturated heterocycles. The van der Waals surface area contributed by atoms with E-state index in [1.807, 2.05) is 5.32 Å². The first-order valence-corrected chi connectivity index (χ1v) is 5.62. The number of rotatable bonds is 5. The Bertz CT molecular complexity index is 517. The van der Waals surface area contributed by atoms with E-state index in [0.717, 1.165) is 19.1 Å². The molecule has 3 nitrogen and oxygen atoms in total. The number of nitrogens with one attached hydrogen (secondary N) is 2. The van der Waals surface area contributed by atoms with Gasteiger partial charge in [0.15, 0.2) is 0 Å². The van der Waals surface area contributed by atoms with E-state index in [9.17, 15) is 22.4 Å². The van der Waals surface area contributed by atoms with Crippen LogP contribution in [0.5, 0.6) is 0 Å². The summed E-state index contributed by atoms with van der Waals surface area (Å²) in [7, 11) is 0. The summed E-state index contributed by atoms with van der Waals surface area (Å²) in [5.41, 5.74) is -0.861. The fourth-order valence-electron chi connectivity index (χ4n) is 1.37. The molecule has 1 unspecified atom stereocenters. The Labute approximate surface area is 113 Å². The van der Waals surface area contributed by atoms with Gasteiger partial charge in [0.2, 0.25) is 0 Å². The average molecular weight is 288 g/mol. The maximum Gasteiger partial charge on any atom is 0.258 e. The molecule has 1 aromatic rings. The van der Waals surface area contributed by atoms with Crippen LogP contribution in [0.2, 0.25) is 0 Å². The van der Waals surface area contributed by atoms with Gasteiger partial charge in [0.25, 0.3) is 12.3 Å². The van der Waals surface area contributed by atoms with E-state index in [1.54, 1.807) is 0 Å². The maximum absolute atomic E-state index is 13.6. The second-order valence-electron chi connectivity index (χ2n) is 3.97. The highest BCUT2D eigenvalue weighted by Crippen LogP contribution is 2.20. The van der Waals surface area contributed by atoms with Crippen LogP contribution < -0.4 is 10.6 Å². The molecule has 0 aromatic heterocycles. The fourth-order valence-corrected chi connectivity index (χ4v) is 1.37. The van der Waals surface area contributed by atoms with Crippen molar-refractivity contribution in [3.8, 4) is 12.3 Å². The lowest BCUT2D eigenvalue weighted by molar-refractivity contribution is 0.0779. The van der Waals surface area contributed by atoms with Gasteiger partial charge in [0.1, 0.15) is 17.3 Å². The van der Waals surface area contributed by atoms with Gasteiger partial charge in [-0.3, -0.25) is 4.79 Å². The molecule has 1 amide bonds. The van der Waals surface area contributed by atoms with Crippen LogP contribution in [0.1, 0.15) is 17.3 Å². The molecule has 0 fully saturated rings. The highest BCUT2D eigenvalue weighted by Gasteiger charge is 2.20. The molecule has 0 heterocycles. The zero-order chi connectivity index (χ0) is 15.3. The van der Waals surface area contributed by atoms with E-state index >= 15 is 0 Å². The molecule has 1 rings (SSSR count). The van der Waals surface area contributed by atoms with Gasteiger partial charge in [-0.15, -0.1) is 6.42 Å². The lowest BCUT2D eigenvalue weighted by Gasteiger charge is -2.13. The maximum atomic E-state index is 13.6. The Morgan fingerprint density at radius 2 is 1.90 bits per heavy atom. The number of anilines is 1. The van der Waals surface area contributed by atoms with Gasteiger partial charge in [0, 0.05) is 5.56 Å². The van der Waals surface area contributed by atoms with Gasteiger partial charge in [-0.2, -0.15) is 0 Å². The predicted octanol–water partition coefficient (Wildman–Crippen LogP) is 2.39. The summed E-state index contributed by atoms with van der Waals surface area (Å²) in [5.74, 6) is -0.912. The zero-order valence-electron chi connectivity index (χ0n) is 10.5. The van der Waals surface area contributed by atoms with Gasteiger partial charge in [0.05, 0.1) is 12.6 Å². The minimum Gasteiger partial charge on any atom is -0.369 e. The van der Waals surface area contributed by atoms with Gasteiger partial charge in [-0.05, 0) is 19.1 Å². The van der Waals surface area contributed by atoms with E-state index in [1.165, 1.54) is 0 Å². The Balaban J connectivity index is 2.93. The number of benzene rings is 1. The number of amides is 1. The summed E-state index contributed by atoms with van der Waals surface area (Å²) in [4.78, 5) is 11.6. The summed E-state index contributed by atoms with van der Waals surface area (Å²) in [5, 5.41) is 4.26. The van der Waals surface area contributed by atoms with Crippen LogP contribution in [-0.4, -0.2) is 24.9 Å². The normalized spacial score (nSPS) is 11.8. The minimum absolute atomic E-state index is 0.0954. The van der Waals surface area contributed by atoms with Crippen LogP contribution in [0.15, 0.2) is 12.1 Å². The summed E-state index contributed by atoms with van der Waals surface area (Å²) >= 11 is 0. The number of terminal acetylenes is 1. The van der Waals surface area contributed by atoms with Gasteiger partial charge in [-0.1, -0.05) is 5.92 Å². The van der Waals surface area contributed by atoms with Crippen molar-refractivity contribution in [3.05, 3.63) is 29.3 Å². The summed E-state index contributed by atoms with van der Waals surface area (Å²) in [6.07, 6.45) is 2.17. The van der Waals surface area contributed by atoms with Crippen LogP contribution in [-0.2, 0) is 0 Å². The number of alkyl halides is 2. The third kappa shape index (κ3) is 3.88. The Hall–Kier alpha value is -2.23. The summed E-state index contributed by atoms with van der Waals surface area (Å²) < 4.78 is 51.7. The first-order chi connectivity index (χ1) is 9.36. The molecule has 1 aromatic carbocycles. The lowest BCUT2D eigenvalue weighted by Crippen LogP contribution is -2.37. The molecule has 0 aliphatic rings. The molecule has 7 heteroatoms. The van der Waals surface area contributed by atoms with Crippen molar-refractivity contribution in [3.63, 3.8) is 0 Å². The molecular weight excluding hydrogens is 276 g/mol. The van der Waals surface area contributed by atoms with Gasteiger partial charge >= 0.3 is 0 Å². The molecule has 20 heavy (non-hydrogen) atoms. The predicted molar refractivity (Wildman–Crippen MR) is 66.6 cm³/mol. The fraction of sp³-hybridized carbons (Fsp3) is 0.308. The smallest absolute Gasteiger partial charge is 0.258 e. The summed E-state index contributed by atoms with van der Waals surface area (Å²) in [6.45, 7) is 0.986. The first kappa shape index (κ1) is 15.8. The molecule has 1 atom stereocenters. The average Bonchev–Trinajstić information content (AvgIpc) is 2.37. The quantitative estimate of drug-likeness (QED) is 0.645. The van der Waals surface area contributed by atoms with E-state index in [0.29, 0.717) is 0 Å². The van der Waals surface area contributed by atoms with E-state index in [-0.39, 0.29) is 6.54 Å². The molecule has 0 aliphatic carbocycles. The van der Waals surface area contributed by atoms with Crippen LogP contribution >= 0.6 is 0 Å². The van der Waals surface area contributed by atoms with Crippen molar-refractivity contribution in [2.45, 2.75) is 19.4 Å². The van der Waals surface area contributed by atoms with Crippen molar-refractivity contribution in [1.29, 1.82) is 0 Å². The third-order valence-corrected chi connectivity index (χ3v) is 2.41. The molecule has 0 saturated carbocycles. The van der Waals surface area contributed by atoms with E-state index in [4.69, 9.17) is 6.42 Å². The number of hydrogen-bond acceptors (Lipinski definition) is 2. The summed E-state index contributed by atoms with van der Waals surface area (Å²) in [6, 6.07) is 0.0677. The second-order valence-corrected chi connectivity index (χ2v) is 3.97. The van der Waals surface area contributed by atoms with Crippen LogP contribution in [0, 0.1) is 24.0 Å². The van der Waals surface area contributed by atoms with Crippen molar-refractivity contribution in [1.82, 2.24) is 5.32 Å². The van der Waals surface area contributed by atoms with Crippen molar-refractivity contribution in [2.75, 3.05) is 11.9 Å². The molecule has 2 N–H and O–H groups in total. The molecule has 108 valence electrons. The minimum atomic E-state index is -2.77. The Kier molecular flexibility index (Phi) is 5.38. The topological polar surface area (TPSA) is 41.1 Å². The Morgan fingerprint density at radius 3 is 2.35 bits per heavy atom. The van der Waals surface area contributed by atoms with Crippen molar-refractivity contribution in [2.24, 2.45) is 0 Å². The van der Waals surface area contributed by atoms with Gasteiger partial charge < -0.3 is 10.6 Å². The van der Waals surface area contributed by atoms with E-state index in [2.05, 4.69) is 11.2 Å². The highest BCUT2D eigenvalue weighted by molar-refractivity contribution is 5.94. The zero-order valence-corrected chi connectivity index (χ0v) is 10.5. The number of carbonyl (C=O) groups excluding carboxylic acids is 1. The van der Waals surface area contributed by atoms with Crippen molar-refractivity contribution >= 4 is 11.6 Å². The van der Waals surface area contributed by atoms with E-state index < -0.39 is 41.3 Å². The first-order valence-electron chi connectivity index (χ1n) is 5.62. The van der Waals surface area contributed by atoms with Gasteiger partial charge in [-0.25, -0.2) is 17.6 Å². The molecule has 0 bridgehead atoms. The largest absolute Gasteiger partial charge is 0.369 e. The van der Waals surface area contributed by atoms with Crippen LogP contribution in [0.4, 0.5) is 23.2 Å². The number of carbonyl (C=O) groups is 1. The second kappa shape index (κ2) is 6.80. The third-order valence-electron chi connectivity index (χ3n) is 2.41. The molecule has 0 aliphatic heterocycles. The lowest BCUT2D eigenvalue weighted by atomic mass is 10.1. The highest BCUT2D eigenvalue weighted by atomic mass is 19.3. The van der Waals surface area contributed by atoms with Crippen molar-refractivity contribution < 1.29 is 22.4 Å². The molecule has 0 radical (unpaired) electrons. The standard InChI is InChI=1S/C13H12F4N2O/c1-3-4-18-11-9(14)5-8(6-10(11)15)13(20)19-7(2)12(16)17/h1,5-7,12,18H,4H2,2H3,(H,19,20). The monoisotopic (exact) mass is 288 g/mol. The van der Waals surface area contributed by atoms with Crippen LogP contribution in [0.3, 0.4) is 0 Å².